The number of aryl methyl sites for hydroxylation is 1. The van der Waals surface area contributed by atoms with E-state index in [1.54, 1.807) is 31.2 Å². The molecule has 0 saturated heterocycles. The number of thiol groups is 1. The molecule has 1 aromatic carbocycles. The average Bonchev–Trinajstić information content (AvgIpc) is 2.61. The lowest BCUT2D eigenvalue weighted by Crippen LogP contribution is -2.08. The van der Waals surface area contributed by atoms with Gasteiger partial charge in [0.1, 0.15) is 11.4 Å². The Morgan fingerprint density at radius 2 is 2.06 bits per heavy atom. The maximum Gasteiger partial charge on any atom is 0.409 e. The second-order valence-electron chi connectivity index (χ2n) is 3.45. The Hall–Kier alpha value is -1.95. The molecule has 88 valence electrons. The van der Waals surface area contributed by atoms with Crippen LogP contribution in [0.1, 0.15) is 5.69 Å². The third kappa shape index (κ3) is 2.42. The molecule has 0 saturated carbocycles. The van der Waals surface area contributed by atoms with Crippen LogP contribution >= 0.6 is 12.6 Å². The minimum absolute atomic E-state index is 0.365. The van der Waals surface area contributed by atoms with Gasteiger partial charge in [0.25, 0.3) is 0 Å². The van der Waals surface area contributed by atoms with Crippen molar-refractivity contribution in [3.05, 3.63) is 30.0 Å². The van der Waals surface area contributed by atoms with Crippen molar-refractivity contribution in [2.45, 2.75) is 11.8 Å². The second kappa shape index (κ2) is 4.50. The molecule has 0 radical (unpaired) electrons. The number of rotatable bonds is 2. The van der Waals surface area contributed by atoms with E-state index >= 15 is 0 Å². The van der Waals surface area contributed by atoms with Crippen molar-refractivity contribution in [1.82, 2.24) is 5.16 Å². The highest BCUT2D eigenvalue weighted by atomic mass is 32.1. The van der Waals surface area contributed by atoms with Crippen LogP contribution in [0.2, 0.25) is 0 Å². The molecule has 17 heavy (non-hydrogen) atoms. The van der Waals surface area contributed by atoms with Crippen molar-refractivity contribution in [3.63, 3.8) is 0 Å². The molecule has 1 heterocycles. The summed E-state index contributed by atoms with van der Waals surface area (Å²) in [7, 11) is 0. The molecular formula is C11H10N2O3S. The zero-order valence-corrected chi connectivity index (χ0v) is 9.86. The number of aromatic nitrogens is 1. The molecule has 2 rings (SSSR count). The Balaban J connectivity index is 2.45. The maximum atomic E-state index is 10.7. The maximum absolute atomic E-state index is 10.7. The van der Waals surface area contributed by atoms with Crippen LogP contribution in [0.4, 0.5) is 10.5 Å². The van der Waals surface area contributed by atoms with Crippen LogP contribution in [0.15, 0.2) is 33.7 Å². The predicted molar refractivity (Wildman–Crippen MR) is 65.6 cm³/mol. The number of anilines is 1. The van der Waals surface area contributed by atoms with E-state index in [0.717, 1.165) is 10.5 Å². The first kappa shape index (κ1) is 11.5. The van der Waals surface area contributed by atoms with Gasteiger partial charge in [-0.05, 0) is 31.2 Å². The Morgan fingerprint density at radius 3 is 2.65 bits per heavy atom. The Kier molecular flexibility index (Phi) is 3.06. The van der Waals surface area contributed by atoms with Crippen LogP contribution in [-0.4, -0.2) is 16.4 Å². The van der Waals surface area contributed by atoms with Crippen LogP contribution in [-0.2, 0) is 0 Å². The van der Waals surface area contributed by atoms with E-state index in [1.807, 2.05) is 0 Å². The summed E-state index contributed by atoms with van der Waals surface area (Å²) in [5, 5.41) is 14.8. The lowest BCUT2D eigenvalue weighted by Gasteiger charge is -2.02. The first-order chi connectivity index (χ1) is 8.08. The van der Waals surface area contributed by atoms with E-state index in [1.165, 1.54) is 0 Å². The zero-order valence-electron chi connectivity index (χ0n) is 8.97. The fourth-order valence-corrected chi connectivity index (χ4v) is 1.58. The standard InChI is InChI=1S/C11H10N2O3S/c1-6-9(12-11(14)15)10(16-13-6)7-2-4-8(17)5-3-7/h2-5,12,17H,1H3,(H,14,15). The number of hydrogen-bond donors (Lipinski definition) is 3. The van der Waals surface area contributed by atoms with Crippen LogP contribution in [0.5, 0.6) is 0 Å². The van der Waals surface area contributed by atoms with Gasteiger partial charge in [-0.25, -0.2) is 4.79 Å². The Labute approximate surface area is 103 Å². The van der Waals surface area contributed by atoms with E-state index < -0.39 is 6.09 Å². The van der Waals surface area contributed by atoms with Gasteiger partial charge < -0.3 is 9.63 Å². The molecule has 6 heteroatoms. The van der Waals surface area contributed by atoms with E-state index in [0.29, 0.717) is 17.1 Å². The summed E-state index contributed by atoms with van der Waals surface area (Å²) in [6.45, 7) is 1.67. The summed E-state index contributed by atoms with van der Waals surface area (Å²) in [4.78, 5) is 11.5. The SMILES string of the molecule is Cc1noc(-c2ccc(S)cc2)c1NC(=O)O. The molecule has 1 aromatic heterocycles. The highest BCUT2D eigenvalue weighted by molar-refractivity contribution is 7.80. The molecular weight excluding hydrogens is 240 g/mol. The molecule has 0 fully saturated rings. The summed E-state index contributed by atoms with van der Waals surface area (Å²) in [5.74, 6) is 0.401. The third-order valence-corrected chi connectivity index (χ3v) is 2.52. The molecule has 0 aliphatic carbocycles. The predicted octanol–water partition coefficient (Wildman–Crippen LogP) is 3.03. The minimum Gasteiger partial charge on any atom is -0.465 e. The van der Waals surface area contributed by atoms with Gasteiger partial charge in [0, 0.05) is 10.5 Å². The number of nitrogens with zero attached hydrogens (tertiary/aromatic N) is 1. The van der Waals surface area contributed by atoms with Gasteiger partial charge in [-0.2, -0.15) is 0 Å². The van der Waals surface area contributed by atoms with E-state index in [-0.39, 0.29) is 0 Å². The van der Waals surface area contributed by atoms with Crippen LogP contribution in [0.3, 0.4) is 0 Å². The van der Waals surface area contributed by atoms with Crippen molar-refractivity contribution < 1.29 is 14.4 Å². The van der Waals surface area contributed by atoms with E-state index in [9.17, 15) is 4.79 Å². The van der Waals surface area contributed by atoms with E-state index in [2.05, 4.69) is 23.1 Å². The monoisotopic (exact) mass is 250 g/mol. The number of carbonyl (C=O) groups is 1. The summed E-state index contributed by atoms with van der Waals surface area (Å²) >= 11 is 4.17. The summed E-state index contributed by atoms with van der Waals surface area (Å²) < 4.78 is 5.12. The number of nitrogens with one attached hydrogen (secondary N) is 1. The Morgan fingerprint density at radius 1 is 1.41 bits per heavy atom. The zero-order chi connectivity index (χ0) is 12.4. The van der Waals surface area contributed by atoms with Crippen LogP contribution < -0.4 is 5.32 Å². The number of benzene rings is 1. The molecule has 0 unspecified atom stereocenters. The van der Waals surface area contributed by atoms with Crippen molar-refractivity contribution in [2.24, 2.45) is 0 Å². The van der Waals surface area contributed by atoms with Gasteiger partial charge in [-0.3, -0.25) is 5.32 Å². The number of amides is 1. The number of hydrogen-bond acceptors (Lipinski definition) is 4. The summed E-state index contributed by atoms with van der Waals surface area (Å²) in [6, 6.07) is 7.16. The van der Waals surface area contributed by atoms with Gasteiger partial charge >= 0.3 is 6.09 Å². The third-order valence-electron chi connectivity index (χ3n) is 2.22. The highest BCUT2D eigenvalue weighted by Gasteiger charge is 2.16. The Bertz CT molecular complexity index is 548. The average molecular weight is 250 g/mol. The molecule has 5 nitrogen and oxygen atoms in total. The lowest BCUT2D eigenvalue weighted by atomic mass is 10.1. The van der Waals surface area contributed by atoms with Crippen molar-refractivity contribution in [2.75, 3.05) is 5.32 Å². The van der Waals surface area contributed by atoms with Gasteiger partial charge in [0.2, 0.25) is 0 Å². The van der Waals surface area contributed by atoms with Gasteiger partial charge in [-0.1, -0.05) is 5.16 Å². The fraction of sp³-hybridized carbons (Fsp3) is 0.0909. The van der Waals surface area contributed by atoms with Crippen LogP contribution in [0, 0.1) is 6.92 Å². The fourth-order valence-electron chi connectivity index (χ4n) is 1.43. The molecule has 0 aliphatic rings. The molecule has 1 amide bonds. The van der Waals surface area contributed by atoms with Gasteiger partial charge in [0.05, 0.1) is 0 Å². The van der Waals surface area contributed by atoms with Crippen molar-refractivity contribution in [1.29, 1.82) is 0 Å². The van der Waals surface area contributed by atoms with Crippen LogP contribution in [0.25, 0.3) is 11.3 Å². The second-order valence-corrected chi connectivity index (χ2v) is 3.97. The normalized spacial score (nSPS) is 10.2. The van der Waals surface area contributed by atoms with Gasteiger partial charge in [0.15, 0.2) is 5.76 Å². The molecule has 2 N–H and O–H groups in total. The highest BCUT2D eigenvalue weighted by Crippen LogP contribution is 2.31. The first-order valence-electron chi connectivity index (χ1n) is 4.83. The number of carboxylic acid groups (broad SMARTS) is 1. The molecule has 0 aliphatic heterocycles. The molecule has 0 atom stereocenters. The first-order valence-corrected chi connectivity index (χ1v) is 5.28. The topological polar surface area (TPSA) is 75.4 Å². The quantitative estimate of drug-likeness (QED) is 0.716. The lowest BCUT2D eigenvalue weighted by molar-refractivity contribution is 0.209. The smallest absolute Gasteiger partial charge is 0.409 e. The molecule has 0 bridgehead atoms. The van der Waals surface area contributed by atoms with Crippen molar-refractivity contribution >= 4 is 24.4 Å². The van der Waals surface area contributed by atoms with Gasteiger partial charge in [-0.15, -0.1) is 12.6 Å². The minimum atomic E-state index is -1.15. The van der Waals surface area contributed by atoms with Crippen molar-refractivity contribution in [3.8, 4) is 11.3 Å². The summed E-state index contributed by atoms with van der Waals surface area (Å²) in [6.07, 6.45) is -1.15. The largest absolute Gasteiger partial charge is 0.465 e. The molecule has 2 aromatic rings. The van der Waals surface area contributed by atoms with E-state index in [4.69, 9.17) is 9.63 Å². The summed E-state index contributed by atoms with van der Waals surface area (Å²) in [5.41, 5.74) is 1.61. The molecule has 0 spiro atoms.